The molecule has 0 radical (unpaired) electrons. The van der Waals surface area contributed by atoms with Gasteiger partial charge in [-0.2, -0.15) is 0 Å². The summed E-state index contributed by atoms with van der Waals surface area (Å²) in [5.41, 5.74) is 11.9. The highest BCUT2D eigenvalue weighted by Crippen LogP contribution is 2.28. The van der Waals surface area contributed by atoms with Gasteiger partial charge in [0.25, 0.3) is 11.4 Å². The minimum Gasteiger partial charge on any atom is -0.491 e. The molecule has 0 saturated heterocycles. The fourth-order valence-electron chi connectivity index (χ4n) is 2.09. The number of nitrogen functional groups attached to an aromatic ring is 2. The van der Waals surface area contributed by atoms with E-state index in [9.17, 15) is 20.2 Å². The van der Waals surface area contributed by atoms with Crippen molar-refractivity contribution >= 4 is 22.7 Å². The number of anilines is 2. The number of rotatable bonds is 9. The van der Waals surface area contributed by atoms with E-state index in [0.29, 0.717) is 37.4 Å². The van der Waals surface area contributed by atoms with E-state index in [2.05, 4.69) is 0 Å². The van der Waals surface area contributed by atoms with Gasteiger partial charge in [0.2, 0.25) is 0 Å². The number of unbranched alkanes of at least 4 members (excludes halogenated alkanes) is 1. The smallest absolute Gasteiger partial charge is 0.273 e. The van der Waals surface area contributed by atoms with Gasteiger partial charge in [-0.3, -0.25) is 20.2 Å². The molecule has 0 aromatic heterocycles. The largest absolute Gasteiger partial charge is 0.491 e. The Morgan fingerprint density at radius 3 is 1.50 bits per heavy atom. The number of nitrogens with zero attached hydrogens (tertiary/aromatic N) is 2. The van der Waals surface area contributed by atoms with Crippen LogP contribution >= 0.6 is 0 Å². The number of nitro benzene ring substituents is 2. The highest BCUT2D eigenvalue weighted by Gasteiger charge is 2.11. The van der Waals surface area contributed by atoms with Crippen LogP contribution in [0, 0.1) is 20.2 Å². The summed E-state index contributed by atoms with van der Waals surface area (Å²) in [6.07, 6.45) is 1.19. The van der Waals surface area contributed by atoms with Crippen molar-refractivity contribution < 1.29 is 19.3 Å². The molecule has 0 saturated carbocycles. The van der Waals surface area contributed by atoms with Crippen LogP contribution in [0.1, 0.15) is 12.8 Å². The molecule has 0 aliphatic rings. The monoisotopic (exact) mass is 362 g/mol. The van der Waals surface area contributed by atoms with E-state index in [4.69, 9.17) is 20.9 Å². The van der Waals surface area contributed by atoms with Gasteiger partial charge in [0, 0.05) is 12.1 Å². The molecule has 0 fully saturated rings. The first-order chi connectivity index (χ1) is 12.4. The number of hydrogen-bond donors (Lipinski definition) is 2. The second kappa shape index (κ2) is 8.51. The maximum atomic E-state index is 10.7. The van der Waals surface area contributed by atoms with Crippen LogP contribution < -0.4 is 20.9 Å². The van der Waals surface area contributed by atoms with Gasteiger partial charge in [-0.25, -0.2) is 0 Å². The Morgan fingerprint density at radius 2 is 1.15 bits per heavy atom. The molecule has 0 amide bonds. The Labute approximate surface area is 148 Å². The van der Waals surface area contributed by atoms with Gasteiger partial charge < -0.3 is 20.9 Å². The molecule has 0 heterocycles. The second-order valence-electron chi connectivity index (χ2n) is 5.36. The third-order valence-electron chi connectivity index (χ3n) is 3.47. The zero-order valence-corrected chi connectivity index (χ0v) is 13.8. The molecule has 0 aliphatic heterocycles. The van der Waals surface area contributed by atoms with Crippen molar-refractivity contribution in [3.8, 4) is 11.5 Å². The Bertz CT molecular complexity index is 744. The summed E-state index contributed by atoms with van der Waals surface area (Å²) in [5.74, 6) is 0.506. The fraction of sp³-hybridized carbons (Fsp3) is 0.250. The first kappa shape index (κ1) is 18.8. The molecule has 4 N–H and O–H groups in total. The van der Waals surface area contributed by atoms with Gasteiger partial charge in [0.1, 0.15) is 11.5 Å². The topological polar surface area (TPSA) is 157 Å². The van der Waals surface area contributed by atoms with Gasteiger partial charge in [0.05, 0.1) is 46.6 Å². The van der Waals surface area contributed by atoms with Crippen molar-refractivity contribution in [2.75, 3.05) is 24.7 Å². The predicted octanol–water partition coefficient (Wildman–Crippen LogP) is 2.91. The van der Waals surface area contributed by atoms with E-state index in [0.717, 1.165) is 0 Å². The molecule has 2 aromatic carbocycles. The molecule has 0 atom stereocenters. The first-order valence-corrected chi connectivity index (χ1v) is 7.72. The molecule has 0 aliphatic carbocycles. The highest BCUT2D eigenvalue weighted by atomic mass is 16.6. The van der Waals surface area contributed by atoms with E-state index >= 15 is 0 Å². The molecule has 138 valence electrons. The first-order valence-electron chi connectivity index (χ1n) is 7.72. The third kappa shape index (κ3) is 4.97. The van der Waals surface area contributed by atoms with Crippen LogP contribution in [0.4, 0.5) is 22.7 Å². The van der Waals surface area contributed by atoms with E-state index in [-0.39, 0.29) is 22.9 Å². The molecule has 10 heteroatoms. The van der Waals surface area contributed by atoms with Gasteiger partial charge in [-0.05, 0) is 25.0 Å². The van der Waals surface area contributed by atoms with Crippen LogP contribution in [0.15, 0.2) is 36.4 Å². The lowest BCUT2D eigenvalue weighted by atomic mass is 10.2. The van der Waals surface area contributed by atoms with Crippen molar-refractivity contribution in [1.82, 2.24) is 0 Å². The molecule has 0 spiro atoms. The summed E-state index contributed by atoms with van der Waals surface area (Å²) in [6, 6.07) is 7.99. The third-order valence-corrected chi connectivity index (χ3v) is 3.47. The van der Waals surface area contributed by atoms with Crippen LogP contribution in [-0.4, -0.2) is 23.1 Å². The molecule has 0 bridgehead atoms. The Kier molecular flexibility index (Phi) is 6.15. The lowest BCUT2D eigenvalue weighted by molar-refractivity contribution is -0.385. The predicted molar refractivity (Wildman–Crippen MR) is 95.2 cm³/mol. The zero-order chi connectivity index (χ0) is 19.1. The summed E-state index contributed by atoms with van der Waals surface area (Å²) < 4.78 is 10.9. The molecule has 0 unspecified atom stereocenters. The molecule has 2 aromatic rings. The van der Waals surface area contributed by atoms with E-state index in [1.165, 1.54) is 36.4 Å². The summed E-state index contributed by atoms with van der Waals surface area (Å²) >= 11 is 0. The number of non-ortho nitro benzene ring substituents is 2. The second-order valence-corrected chi connectivity index (χ2v) is 5.36. The summed E-state index contributed by atoms with van der Waals surface area (Å²) in [5, 5.41) is 21.5. The minimum atomic E-state index is -0.524. The van der Waals surface area contributed by atoms with Crippen molar-refractivity contribution in [2.24, 2.45) is 0 Å². The number of ether oxygens (including phenoxy) is 2. The van der Waals surface area contributed by atoms with Crippen molar-refractivity contribution in [1.29, 1.82) is 0 Å². The van der Waals surface area contributed by atoms with Crippen molar-refractivity contribution in [2.45, 2.75) is 12.8 Å². The number of hydrogen-bond acceptors (Lipinski definition) is 8. The van der Waals surface area contributed by atoms with Crippen LogP contribution in [0.2, 0.25) is 0 Å². The van der Waals surface area contributed by atoms with Gasteiger partial charge in [-0.1, -0.05) is 0 Å². The quantitative estimate of drug-likeness (QED) is 0.298. The number of nitro groups is 2. The average molecular weight is 362 g/mol. The zero-order valence-electron chi connectivity index (χ0n) is 13.8. The van der Waals surface area contributed by atoms with Gasteiger partial charge in [0.15, 0.2) is 0 Å². The van der Waals surface area contributed by atoms with E-state index < -0.39 is 9.85 Å². The van der Waals surface area contributed by atoms with E-state index in [1.807, 2.05) is 0 Å². The molecule has 2 rings (SSSR count). The number of nitrogens with two attached hydrogens (primary N) is 2. The normalized spacial score (nSPS) is 10.3. The van der Waals surface area contributed by atoms with Crippen LogP contribution in [-0.2, 0) is 0 Å². The van der Waals surface area contributed by atoms with Gasteiger partial charge in [-0.15, -0.1) is 0 Å². The Morgan fingerprint density at radius 1 is 0.769 bits per heavy atom. The molecular weight excluding hydrogens is 344 g/mol. The fourth-order valence-corrected chi connectivity index (χ4v) is 2.09. The Hall–Kier alpha value is -3.56. The van der Waals surface area contributed by atoms with Gasteiger partial charge >= 0.3 is 0 Å². The lowest BCUT2D eigenvalue weighted by Gasteiger charge is -2.10. The average Bonchev–Trinajstić information content (AvgIpc) is 2.60. The minimum absolute atomic E-state index is 0.0984. The highest BCUT2D eigenvalue weighted by molar-refractivity contribution is 5.58. The summed E-state index contributed by atoms with van der Waals surface area (Å²) in [7, 11) is 0. The SMILES string of the molecule is Nc1ccc([N+](=O)[O-])cc1OCCCCOc1cc([N+](=O)[O-])ccc1N. The van der Waals surface area contributed by atoms with Crippen molar-refractivity contribution in [3.05, 3.63) is 56.6 Å². The van der Waals surface area contributed by atoms with Crippen LogP contribution in [0.5, 0.6) is 11.5 Å². The standard InChI is InChI=1S/C16H18N4O6/c17-13-5-3-11(19(21)22)9-15(13)25-7-1-2-8-26-16-10-12(20(23)24)4-6-14(16)18/h3-6,9-10H,1-2,7-8,17-18H2. The Balaban J connectivity index is 1.78. The molecular formula is C16H18N4O6. The molecule has 26 heavy (non-hydrogen) atoms. The van der Waals surface area contributed by atoms with Crippen LogP contribution in [0.3, 0.4) is 0 Å². The van der Waals surface area contributed by atoms with Crippen LogP contribution in [0.25, 0.3) is 0 Å². The number of benzene rings is 2. The summed E-state index contributed by atoms with van der Waals surface area (Å²) in [6.45, 7) is 0.582. The van der Waals surface area contributed by atoms with E-state index in [1.54, 1.807) is 0 Å². The summed E-state index contributed by atoms with van der Waals surface area (Å²) in [4.78, 5) is 20.4. The lowest BCUT2D eigenvalue weighted by Crippen LogP contribution is -2.05. The maximum Gasteiger partial charge on any atom is 0.273 e. The maximum absolute atomic E-state index is 10.7. The molecule has 10 nitrogen and oxygen atoms in total. The van der Waals surface area contributed by atoms with Crippen molar-refractivity contribution in [3.63, 3.8) is 0 Å².